The third-order valence-electron chi connectivity index (χ3n) is 1.47. The molecule has 0 saturated heterocycles. The Morgan fingerprint density at radius 3 is 2.92 bits per heavy atom. The largest absolute Gasteiger partial charge is 0.243 e. The molecule has 2 rings (SSSR count). The van der Waals surface area contributed by atoms with E-state index in [0.29, 0.717) is 0 Å². The minimum Gasteiger partial charge on any atom is -0.243 e. The van der Waals surface area contributed by atoms with E-state index in [0.717, 1.165) is 15.9 Å². The number of hydrogen-bond acceptors (Lipinski definition) is 5. The van der Waals surface area contributed by atoms with Crippen LogP contribution in [0.2, 0.25) is 0 Å². The van der Waals surface area contributed by atoms with Crippen LogP contribution in [0.1, 0.15) is 0 Å². The highest BCUT2D eigenvalue weighted by molar-refractivity contribution is 7.98. The molecule has 2 aromatic heterocycles. The third kappa shape index (κ3) is 1.87. The number of rotatable bonds is 2. The van der Waals surface area contributed by atoms with E-state index in [1.807, 2.05) is 17.7 Å². The topological polar surface area (TPSA) is 38.7 Å². The van der Waals surface area contributed by atoms with Crippen molar-refractivity contribution in [1.29, 1.82) is 0 Å². The van der Waals surface area contributed by atoms with Gasteiger partial charge in [-0.15, -0.1) is 11.3 Å². The Hall–Kier alpha value is -0.940. The summed E-state index contributed by atoms with van der Waals surface area (Å²) in [4.78, 5) is 12.6. The maximum Gasteiger partial charge on any atom is 0.187 e. The lowest BCUT2D eigenvalue weighted by atomic mass is 10.4. The lowest BCUT2D eigenvalue weighted by Crippen LogP contribution is -1.87. The quantitative estimate of drug-likeness (QED) is 0.562. The molecule has 66 valence electrons. The highest BCUT2D eigenvalue weighted by Gasteiger charge is 2.02. The molecule has 2 heterocycles. The molecule has 0 aliphatic heterocycles. The number of thioether (sulfide) groups is 1. The zero-order valence-corrected chi connectivity index (χ0v) is 8.60. The fourth-order valence-electron chi connectivity index (χ4n) is 0.908. The molecule has 0 unspecified atom stereocenters. The molecular formula is C8H7N3S2. The van der Waals surface area contributed by atoms with Gasteiger partial charge in [-0.3, -0.25) is 0 Å². The van der Waals surface area contributed by atoms with Crippen LogP contribution in [-0.2, 0) is 0 Å². The maximum atomic E-state index is 4.33. The van der Waals surface area contributed by atoms with Gasteiger partial charge in [0, 0.05) is 17.8 Å². The van der Waals surface area contributed by atoms with Gasteiger partial charge in [0.1, 0.15) is 10.7 Å². The summed E-state index contributed by atoms with van der Waals surface area (Å²) in [6.07, 6.45) is 5.50. The van der Waals surface area contributed by atoms with Gasteiger partial charge in [0.15, 0.2) is 5.16 Å². The van der Waals surface area contributed by atoms with Crippen molar-refractivity contribution in [2.45, 2.75) is 5.16 Å². The number of thiazole rings is 1. The SMILES string of the molecule is CSc1nccc(-c2nccs2)n1. The van der Waals surface area contributed by atoms with Crippen LogP contribution in [0, 0.1) is 0 Å². The first-order valence-electron chi connectivity index (χ1n) is 3.67. The minimum absolute atomic E-state index is 0.785. The summed E-state index contributed by atoms with van der Waals surface area (Å²) in [6, 6.07) is 1.87. The van der Waals surface area contributed by atoms with Crippen LogP contribution in [-0.4, -0.2) is 21.2 Å². The van der Waals surface area contributed by atoms with Gasteiger partial charge in [-0.2, -0.15) is 0 Å². The molecule has 0 spiro atoms. The van der Waals surface area contributed by atoms with Crippen LogP contribution in [0.4, 0.5) is 0 Å². The lowest BCUT2D eigenvalue weighted by Gasteiger charge is -1.96. The van der Waals surface area contributed by atoms with E-state index in [-0.39, 0.29) is 0 Å². The van der Waals surface area contributed by atoms with Crippen LogP contribution in [0.3, 0.4) is 0 Å². The first-order chi connectivity index (χ1) is 6.40. The molecule has 0 aliphatic rings. The molecule has 0 bridgehead atoms. The molecule has 2 aromatic rings. The average Bonchev–Trinajstić information content (AvgIpc) is 2.71. The van der Waals surface area contributed by atoms with Crippen LogP contribution in [0.15, 0.2) is 29.0 Å². The van der Waals surface area contributed by atoms with Crippen LogP contribution >= 0.6 is 23.1 Å². The van der Waals surface area contributed by atoms with Gasteiger partial charge in [0.25, 0.3) is 0 Å². The number of nitrogens with zero attached hydrogens (tertiary/aromatic N) is 3. The van der Waals surface area contributed by atoms with E-state index in [2.05, 4.69) is 15.0 Å². The summed E-state index contributed by atoms with van der Waals surface area (Å²) in [6.45, 7) is 0. The van der Waals surface area contributed by atoms with Gasteiger partial charge in [-0.1, -0.05) is 11.8 Å². The Labute approximate surface area is 84.3 Å². The van der Waals surface area contributed by atoms with Crippen LogP contribution in [0.25, 0.3) is 10.7 Å². The van der Waals surface area contributed by atoms with E-state index >= 15 is 0 Å². The van der Waals surface area contributed by atoms with E-state index < -0.39 is 0 Å². The molecule has 0 fully saturated rings. The predicted molar refractivity (Wildman–Crippen MR) is 54.9 cm³/mol. The van der Waals surface area contributed by atoms with Gasteiger partial charge >= 0.3 is 0 Å². The second kappa shape index (κ2) is 3.85. The standard InChI is InChI=1S/C8H7N3S2/c1-12-8-10-3-2-6(11-8)7-9-4-5-13-7/h2-5H,1H3. The van der Waals surface area contributed by atoms with Crippen molar-refractivity contribution in [2.75, 3.05) is 6.26 Å². The summed E-state index contributed by atoms with van der Waals surface area (Å²) in [5, 5.41) is 3.67. The summed E-state index contributed by atoms with van der Waals surface area (Å²) in [5.74, 6) is 0. The fraction of sp³-hybridized carbons (Fsp3) is 0.125. The molecule has 13 heavy (non-hydrogen) atoms. The molecule has 0 aromatic carbocycles. The average molecular weight is 209 g/mol. The minimum atomic E-state index is 0.785. The third-order valence-corrected chi connectivity index (χ3v) is 2.82. The first-order valence-corrected chi connectivity index (χ1v) is 5.77. The van der Waals surface area contributed by atoms with Gasteiger partial charge in [0.2, 0.25) is 0 Å². The highest BCUT2D eigenvalue weighted by atomic mass is 32.2. The molecule has 0 atom stereocenters. The van der Waals surface area contributed by atoms with Crippen molar-refractivity contribution in [3.05, 3.63) is 23.8 Å². The lowest BCUT2D eigenvalue weighted by molar-refractivity contribution is 0.974. The number of aromatic nitrogens is 3. The second-order valence-corrected chi connectivity index (χ2v) is 3.93. The Morgan fingerprint density at radius 1 is 1.31 bits per heavy atom. The van der Waals surface area contributed by atoms with Crippen molar-refractivity contribution in [3.63, 3.8) is 0 Å². The normalized spacial score (nSPS) is 10.2. The van der Waals surface area contributed by atoms with Crippen LogP contribution < -0.4 is 0 Å². The zero-order chi connectivity index (χ0) is 9.10. The fourth-order valence-corrected chi connectivity index (χ4v) is 1.87. The summed E-state index contributed by atoms with van der Waals surface area (Å²) in [7, 11) is 0. The van der Waals surface area contributed by atoms with E-state index in [4.69, 9.17) is 0 Å². The highest BCUT2D eigenvalue weighted by Crippen LogP contribution is 2.20. The molecular weight excluding hydrogens is 202 g/mol. The van der Waals surface area contributed by atoms with Gasteiger partial charge < -0.3 is 0 Å². The Kier molecular flexibility index (Phi) is 2.56. The summed E-state index contributed by atoms with van der Waals surface area (Å²) in [5.41, 5.74) is 0.898. The number of hydrogen-bond donors (Lipinski definition) is 0. The van der Waals surface area contributed by atoms with Gasteiger partial charge in [-0.25, -0.2) is 15.0 Å². The molecule has 3 nitrogen and oxygen atoms in total. The molecule has 5 heteroatoms. The molecule has 0 aliphatic carbocycles. The Bertz CT molecular complexity index is 386. The molecule has 0 N–H and O–H groups in total. The summed E-state index contributed by atoms with van der Waals surface area (Å²) >= 11 is 3.12. The van der Waals surface area contributed by atoms with Crippen molar-refractivity contribution in [1.82, 2.24) is 15.0 Å². The predicted octanol–water partition coefficient (Wildman–Crippen LogP) is 2.32. The molecule has 0 radical (unpaired) electrons. The Balaban J connectivity index is 2.41. The first kappa shape index (κ1) is 8.65. The van der Waals surface area contributed by atoms with Crippen molar-refractivity contribution >= 4 is 23.1 Å². The maximum absolute atomic E-state index is 4.33. The molecule has 0 amide bonds. The zero-order valence-electron chi connectivity index (χ0n) is 6.97. The van der Waals surface area contributed by atoms with Crippen LogP contribution in [0.5, 0.6) is 0 Å². The van der Waals surface area contributed by atoms with Crippen molar-refractivity contribution in [3.8, 4) is 10.7 Å². The van der Waals surface area contributed by atoms with E-state index in [9.17, 15) is 0 Å². The Morgan fingerprint density at radius 2 is 2.23 bits per heavy atom. The smallest absolute Gasteiger partial charge is 0.187 e. The van der Waals surface area contributed by atoms with Crippen molar-refractivity contribution in [2.24, 2.45) is 0 Å². The monoisotopic (exact) mass is 209 g/mol. The van der Waals surface area contributed by atoms with E-state index in [1.54, 1.807) is 23.7 Å². The van der Waals surface area contributed by atoms with E-state index in [1.165, 1.54) is 11.8 Å². The summed E-state index contributed by atoms with van der Waals surface area (Å²) < 4.78 is 0. The van der Waals surface area contributed by atoms with Gasteiger partial charge in [0.05, 0.1) is 0 Å². The van der Waals surface area contributed by atoms with Crippen molar-refractivity contribution < 1.29 is 0 Å². The van der Waals surface area contributed by atoms with Gasteiger partial charge in [-0.05, 0) is 12.3 Å². The molecule has 0 saturated carbocycles. The second-order valence-electron chi connectivity index (χ2n) is 2.27.